The van der Waals surface area contributed by atoms with E-state index in [0.717, 1.165) is 5.56 Å². The lowest BCUT2D eigenvalue weighted by Gasteiger charge is -2.20. The van der Waals surface area contributed by atoms with E-state index < -0.39 is 12.6 Å². The van der Waals surface area contributed by atoms with E-state index in [2.05, 4.69) is 33.2 Å². The zero-order valence-corrected chi connectivity index (χ0v) is 19.4. The molecule has 0 saturated heterocycles. The Balaban J connectivity index is 1.64. The van der Waals surface area contributed by atoms with Crippen LogP contribution in [0.3, 0.4) is 0 Å². The molecule has 0 aliphatic carbocycles. The molecule has 2 heterocycles. The second kappa shape index (κ2) is 9.56. The normalized spacial score (nSPS) is 14.6. The molecule has 34 heavy (non-hydrogen) atoms. The van der Waals surface area contributed by atoms with Crippen LogP contribution in [0.4, 0.5) is 27.5 Å². The smallest absolute Gasteiger partial charge is 0.256 e. The maximum absolute atomic E-state index is 13.0. The van der Waals surface area contributed by atoms with E-state index in [9.17, 15) is 14.0 Å². The number of methoxy groups -OCH3 is 1. The van der Waals surface area contributed by atoms with E-state index in [-0.39, 0.29) is 24.4 Å². The largest absolute Gasteiger partial charge is 0.495 e. The minimum atomic E-state index is -0.613. The predicted molar refractivity (Wildman–Crippen MR) is 129 cm³/mol. The third-order valence-corrected chi connectivity index (χ3v) is 5.90. The summed E-state index contributed by atoms with van der Waals surface area (Å²) in [7, 11) is 1.47. The van der Waals surface area contributed by atoms with Crippen molar-refractivity contribution < 1.29 is 18.7 Å². The Morgan fingerprint density at radius 2 is 2.06 bits per heavy atom. The molecule has 0 radical (unpaired) electrons. The van der Waals surface area contributed by atoms with E-state index >= 15 is 0 Å². The average Bonchev–Trinajstić information content (AvgIpc) is 3.07. The highest BCUT2D eigenvalue weighted by atomic mass is 32.1. The van der Waals surface area contributed by atoms with Gasteiger partial charge in [-0.1, -0.05) is 12.1 Å². The number of nitrogens with two attached hydrogens (primary N) is 1. The number of nitrogens with one attached hydrogen (secondary N) is 2. The second-order valence-electron chi connectivity index (χ2n) is 7.59. The van der Waals surface area contributed by atoms with Gasteiger partial charge >= 0.3 is 0 Å². The van der Waals surface area contributed by atoms with Gasteiger partial charge in [0.25, 0.3) is 5.91 Å². The Labute approximate surface area is 200 Å². The summed E-state index contributed by atoms with van der Waals surface area (Å²) >= 11 is 4.44. The highest BCUT2D eigenvalue weighted by molar-refractivity contribution is 7.80. The van der Waals surface area contributed by atoms with Crippen molar-refractivity contribution in [2.45, 2.75) is 17.9 Å². The van der Waals surface area contributed by atoms with Crippen LogP contribution in [-0.4, -0.2) is 47.0 Å². The van der Waals surface area contributed by atoms with Crippen LogP contribution in [0, 0.1) is 0 Å². The molecule has 4 N–H and O–H groups in total. The Morgan fingerprint density at radius 1 is 1.26 bits per heavy atom. The van der Waals surface area contributed by atoms with Gasteiger partial charge in [-0.15, -0.1) is 12.6 Å². The van der Waals surface area contributed by atoms with Crippen molar-refractivity contribution in [1.82, 2.24) is 14.9 Å². The summed E-state index contributed by atoms with van der Waals surface area (Å²) in [6.07, 6.45) is 1.51. The molecule has 1 aliphatic rings. The van der Waals surface area contributed by atoms with Crippen LogP contribution in [-0.2, 0) is 0 Å². The Kier molecular flexibility index (Phi) is 6.55. The zero-order valence-electron chi connectivity index (χ0n) is 18.5. The summed E-state index contributed by atoms with van der Waals surface area (Å²) in [5, 5.41) is 6.21. The number of aromatic nitrogens is 2. The first-order chi connectivity index (χ1) is 16.3. The number of anilines is 4. The third-order valence-electron chi connectivity index (χ3n) is 5.57. The Bertz CT molecular complexity index is 1270. The predicted octanol–water partition coefficient (Wildman–Crippen LogP) is 3.85. The van der Waals surface area contributed by atoms with Crippen LogP contribution in [0.1, 0.15) is 39.2 Å². The number of benzene rings is 2. The molecular weight excluding hydrogens is 459 g/mol. The van der Waals surface area contributed by atoms with Gasteiger partial charge in [0.05, 0.1) is 35.0 Å². The number of fused-ring (bicyclic) bond motifs is 1. The van der Waals surface area contributed by atoms with Crippen molar-refractivity contribution in [3.05, 3.63) is 59.3 Å². The molecule has 1 atom stereocenters. The standard InChI is InChI=1S/C23H23FN6O3S/c1-12-14-4-3-5-16(19(14)22(32)30(12)9-8-24)27-21-18(34)11-26-23(29-21)28-15-7-6-13(20(25)31)10-17(15)33-2/h3-7,10-12,34H,8-9H2,1-2H3,(H2,25,31)(H2,26,27,28,29). The van der Waals surface area contributed by atoms with Gasteiger partial charge in [0.1, 0.15) is 18.2 Å². The van der Waals surface area contributed by atoms with Gasteiger partial charge in [0.2, 0.25) is 11.9 Å². The van der Waals surface area contributed by atoms with E-state index in [1.54, 1.807) is 18.2 Å². The molecule has 0 spiro atoms. The number of nitrogens with zero attached hydrogens (tertiary/aromatic N) is 3. The van der Waals surface area contributed by atoms with Crippen LogP contribution in [0.2, 0.25) is 0 Å². The quantitative estimate of drug-likeness (QED) is 0.360. The molecular formula is C23H23FN6O3S. The van der Waals surface area contributed by atoms with Crippen LogP contribution in [0.25, 0.3) is 0 Å². The van der Waals surface area contributed by atoms with E-state index in [0.29, 0.717) is 39.0 Å². The topological polar surface area (TPSA) is 122 Å². The monoisotopic (exact) mass is 482 g/mol. The number of carbonyl (C=O) groups is 2. The number of ether oxygens (including phenoxy) is 1. The second-order valence-corrected chi connectivity index (χ2v) is 8.07. The summed E-state index contributed by atoms with van der Waals surface area (Å²) in [6.45, 7) is 1.29. The molecule has 176 valence electrons. The van der Waals surface area contributed by atoms with Crippen molar-refractivity contribution >= 4 is 47.6 Å². The summed E-state index contributed by atoms with van der Waals surface area (Å²) in [4.78, 5) is 35.1. The molecule has 9 nitrogen and oxygen atoms in total. The lowest BCUT2D eigenvalue weighted by atomic mass is 10.0. The number of rotatable bonds is 8. The van der Waals surface area contributed by atoms with Crippen molar-refractivity contribution in [2.24, 2.45) is 5.73 Å². The fourth-order valence-electron chi connectivity index (χ4n) is 3.86. The molecule has 3 aromatic rings. The van der Waals surface area contributed by atoms with Crippen molar-refractivity contribution in [1.29, 1.82) is 0 Å². The lowest BCUT2D eigenvalue weighted by molar-refractivity contribution is 0.0725. The van der Waals surface area contributed by atoms with Crippen LogP contribution in [0.5, 0.6) is 5.75 Å². The van der Waals surface area contributed by atoms with Crippen molar-refractivity contribution in [3.8, 4) is 5.75 Å². The van der Waals surface area contributed by atoms with Gasteiger partial charge in [-0.05, 0) is 36.8 Å². The van der Waals surface area contributed by atoms with E-state index in [1.807, 2.05) is 19.1 Å². The molecule has 0 fully saturated rings. The van der Waals surface area contributed by atoms with Crippen molar-refractivity contribution in [3.63, 3.8) is 0 Å². The number of alkyl halides is 1. The highest BCUT2D eigenvalue weighted by Gasteiger charge is 2.35. The summed E-state index contributed by atoms with van der Waals surface area (Å²) in [5.74, 6) is 0.174. The van der Waals surface area contributed by atoms with Gasteiger partial charge in [0.15, 0.2) is 0 Å². The maximum atomic E-state index is 13.0. The first-order valence-corrected chi connectivity index (χ1v) is 10.9. The number of amides is 2. The highest BCUT2D eigenvalue weighted by Crippen LogP contribution is 2.38. The summed E-state index contributed by atoms with van der Waals surface area (Å²) in [6, 6.07) is 9.92. The fourth-order valence-corrected chi connectivity index (χ4v) is 4.02. The summed E-state index contributed by atoms with van der Waals surface area (Å²) < 4.78 is 18.3. The molecule has 1 unspecified atom stereocenters. The zero-order chi connectivity index (χ0) is 24.4. The van der Waals surface area contributed by atoms with Crippen molar-refractivity contribution in [2.75, 3.05) is 31.0 Å². The SMILES string of the molecule is COc1cc(C(N)=O)ccc1Nc1ncc(S)c(Nc2cccc3c2C(=O)N(CCF)C3C)n1. The molecule has 11 heteroatoms. The molecule has 2 amide bonds. The maximum Gasteiger partial charge on any atom is 0.256 e. The first-order valence-electron chi connectivity index (χ1n) is 10.4. The third kappa shape index (κ3) is 4.34. The van der Waals surface area contributed by atoms with Gasteiger partial charge in [-0.2, -0.15) is 4.98 Å². The number of thiol groups is 1. The van der Waals surface area contributed by atoms with Crippen LogP contribution < -0.4 is 21.1 Å². The minimum absolute atomic E-state index is 0.0316. The molecule has 0 saturated carbocycles. The number of hydrogen-bond donors (Lipinski definition) is 4. The molecule has 1 aromatic heterocycles. The van der Waals surface area contributed by atoms with Gasteiger partial charge in [0, 0.05) is 18.3 Å². The van der Waals surface area contributed by atoms with Crippen LogP contribution in [0.15, 0.2) is 47.5 Å². The lowest BCUT2D eigenvalue weighted by Crippen LogP contribution is -2.28. The molecule has 0 bridgehead atoms. The van der Waals surface area contributed by atoms with E-state index in [1.165, 1.54) is 24.3 Å². The van der Waals surface area contributed by atoms with Gasteiger partial charge < -0.3 is 26.0 Å². The Hall–Kier alpha value is -3.86. The van der Waals surface area contributed by atoms with E-state index in [4.69, 9.17) is 10.5 Å². The summed E-state index contributed by atoms with van der Waals surface area (Å²) in [5.41, 5.74) is 7.99. The number of halogens is 1. The molecule has 2 aromatic carbocycles. The fraction of sp³-hybridized carbons (Fsp3) is 0.217. The van der Waals surface area contributed by atoms with Gasteiger partial charge in [-0.3, -0.25) is 9.59 Å². The number of hydrogen-bond acceptors (Lipinski definition) is 8. The average molecular weight is 483 g/mol. The van der Waals surface area contributed by atoms with Gasteiger partial charge in [-0.25, -0.2) is 9.37 Å². The molecule has 1 aliphatic heterocycles. The molecule has 4 rings (SSSR count). The first kappa shape index (κ1) is 23.3. The number of primary amides is 1. The Morgan fingerprint density at radius 3 is 2.76 bits per heavy atom. The number of carbonyl (C=O) groups excluding carboxylic acids is 2. The minimum Gasteiger partial charge on any atom is -0.495 e. The van der Waals surface area contributed by atoms with Crippen LogP contribution >= 0.6 is 12.6 Å².